The molecule has 2 aromatic carbocycles. The van der Waals surface area contributed by atoms with E-state index in [0.29, 0.717) is 0 Å². The van der Waals surface area contributed by atoms with E-state index in [2.05, 4.69) is 5.32 Å². The molecule has 0 atom stereocenters. The van der Waals surface area contributed by atoms with Gasteiger partial charge in [0, 0.05) is 5.69 Å². The minimum Gasteiger partial charge on any atom is -0.503 e. The summed E-state index contributed by atoms with van der Waals surface area (Å²) in [7, 11) is 0. The lowest BCUT2D eigenvalue weighted by molar-refractivity contribution is 0.102. The molecule has 0 heterocycles. The van der Waals surface area contributed by atoms with Crippen LogP contribution in [0.3, 0.4) is 0 Å². The van der Waals surface area contributed by atoms with Gasteiger partial charge in [-0.25, -0.2) is 13.2 Å². The molecule has 4 N–H and O–H groups in total. The van der Waals surface area contributed by atoms with Crippen LogP contribution in [0.4, 0.5) is 28.9 Å². The number of nitrogens with two attached hydrogens (primary N) is 1. The van der Waals surface area contributed by atoms with Crippen LogP contribution in [0.15, 0.2) is 24.3 Å². The first-order valence-electron chi connectivity index (χ1n) is 5.54. The van der Waals surface area contributed by atoms with Crippen molar-refractivity contribution in [1.82, 2.24) is 0 Å². The Bertz CT molecular complexity index is 735. The number of amides is 1. The van der Waals surface area contributed by atoms with Crippen molar-refractivity contribution in [2.24, 2.45) is 0 Å². The van der Waals surface area contributed by atoms with Crippen LogP contribution in [0.5, 0.6) is 5.75 Å². The molecule has 1 amide bonds. The van der Waals surface area contributed by atoms with Gasteiger partial charge in [-0.2, -0.15) is 4.39 Å². The number of hydrogen-bond acceptors (Lipinski definition) is 3. The number of aromatic hydroxyl groups is 1. The summed E-state index contributed by atoms with van der Waals surface area (Å²) in [6.07, 6.45) is 0. The van der Waals surface area contributed by atoms with Gasteiger partial charge in [-0.1, -0.05) is 0 Å². The van der Waals surface area contributed by atoms with Crippen LogP contribution in [0.1, 0.15) is 10.4 Å². The molecule has 21 heavy (non-hydrogen) atoms. The number of anilines is 2. The zero-order chi connectivity index (χ0) is 15.7. The summed E-state index contributed by atoms with van der Waals surface area (Å²) in [5, 5.41) is 11.1. The molecule has 110 valence electrons. The summed E-state index contributed by atoms with van der Waals surface area (Å²) in [6.45, 7) is 0. The number of nitrogens with one attached hydrogen (secondary N) is 1. The number of phenolic OH excluding ortho intramolecular Hbond substituents is 1. The summed E-state index contributed by atoms with van der Waals surface area (Å²) in [6, 6.07) is 3.54. The van der Waals surface area contributed by atoms with Crippen LogP contribution in [0.25, 0.3) is 0 Å². The summed E-state index contributed by atoms with van der Waals surface area (Å²) < 4.78 is 52.7. The van der Waals surface area contributed by atoms with Crippen molar-refractivity contribution in [3.8, 4) is 5.75 Å². The fourth-order valence-corrected chi connectivity index (χ4v) is 1.56. The normalized spacial score (nSPS) is 10.5. The van der Waals surface area contributed by atoms with Gasteiger partial charge in [-0.05, 0) is 24.3 Å². The van der Waals surface area contributed by atoms with Crippen LogP contribution < -0.4 is 11.1 Å². The summed E-state index contributed by atoms with van der Waals surface area (Å²) in [5.74, 6) is -8.64. The maximum Gasteiger partial charge on any atom is 0.258 e. The van der Waals surface area contributed by atoms with Gasteiger partial charge in [0.2, 0.25) is 5.82 Å². The molecule has 0 unspecified atom stereocenters. The Morgan fingerprint density at radius 2 is 1.71 bits per heavy atom. The van der Waals surface area contributed by atoms with Crippen molar-refractivity contribution in [3.63, 3.8) is 0 Å². The fourth-order valence-electron chi connectivity index (χ4n) is 1.56. The second-order valence-corrected chi connectivity index (χ2v) is 4.07. The van der Waals surface area contributed by atoms with Crippen molar-refractivity contribution in [2.45, 2.75) is 0 Å². The predicted octanol–water partition coefficient (Wildman–Crippen LogP) is 2.78. The SMILES string of the molecule is Nc1ccc(NC(=O)c2cc(F)c(F)c(O)c2F)cc1F. The lowest BCUT2D eigenvalue weighted by Crippen LogP contribution is -2.15. The second kappa shape index (κ2) is 5.31. The lowest BCUT2D eigenvalue weighted by atomic mass is 10.1. The molecule has 0 saturated heterocycles. The van der Waals surface area contributed by atoms with E-state index in [4.69, 9.17) is 10.8 Å². The molecule has 8 heteroatoms. The first kappa shape index (κ1) is 14.6. The Morgan fingerprint density at radius 1 is 1.05 bits per heavy atom. The van der Waals surface area contributed by atoms with E-state index < -0.39 is 40.5 Å². The van der Waals surface area contributed by atoms with Gasteiger partial charge >= 0.3 is 0 Å². The first-order chi connectivity index (χ1) is 9.81. The van der Waals surface area contributed by atoms with E-state index in [1.54, 1.807) is 0 Å². The van der Waals surface area contributed by atoms with Gasteiger partial charge in [0.05, 0.1) is 11.3 Å². The summed E-state index contributed by atoms with van der Waals surface area (Å²) in [4.78, 5) is 11.7. The molecule has 0 aromatic heterocycles. The molecule has 2 rings (SSSR count). The van der Waals surface area contributed by atoms with E-state index in [9.17, 15) is 22.4 Å². The minimum atomic E-state index is -1.80. The fraction of sp³-hybridized carbons (Fsp3) is 0. The van der Waals surface area contributed by atoms with Crippen molar-refractivity contribution in [2.75, 3.05) is 11.1 Å². The van der Waals surface area contributed by atoms with Gasteiger partial charge in [0.1, 0.15) is 5.82 Å². The van der Waals surface area contributed by atoms with E-state index >= 15 is 0 Å². The van der Waals surface area contributed by atoms with E-state index in [1.165, 1.54) is 6.07 Å². The van der Waals surface area contributed by atoms with Crippen molar-refractivity contribution < 1.29 is 27.5 Å². The predicted molar refractivity (Wildman–Crippen MR) is 66.7 cm³/mol. The zero-order valence-electron chi connectivity index (χ0n) is 10.3. The number of carbonyl (C=O) groups is 1. The zero-order valence-corrected chi connectivity index (χ0v) is 10.3. The topological polar surface area (TPSA) is 75.3 Å². The summed E-state index contributed by atoms with van der Waals surface area (Å²) >= 11 is 0. The maximum absolute atomic E-state index is 13.5. The average molecular weight is 300 g/mol. The lowest BCUT2D eigenvalue weighted by Gasteiger charge is -2.08. The molecule has 0 radical (unpaired) electrons. The smallest absolute Gasteiger partial charge is 0.258 e. The van der Waals surface area contributed by atoms with Crippen molar-refractivity contribution in [1.29, 1.82) is 0 Å². The van der Waals surface area contributed by atoms with Crippen LogP contribution in [-0.2, 0) is 0 Å². The van der Waals surface area contributed by atoms with Gasteiger partial charge < -0.3 is 16.2 Å². The highest BCUT2D eigenvalue weighted by molar-refractivity contribution is 6.04. The number of carbonyl (C=O) groups excluding carboxylic acids is 1. The third kappa shape index (κ3) is 2.73. The Hall–Kier alpha value is -2.77. The number of rotatable bonds is 2. The van der Waals surface area contributed by atoms with Crippen LogP contribution in [0.2, 0.25) is 0 Å². The van der Waals surface area contributed by atoms with E-state index in [1.807, 2.05) is 0 Å². The second-order valence-electron chi connectivity index (χ2n) is 4.07. The third-order valence-corrected chi connectivity index (χ3v) is 2.64. The molecule has 0 fully saturated rings. The molecule has 4 nitrogen and oxygen atoms in total. The molecule has 0 aliphatic rings. The van der Waals surface area contributed by atoms with E-state index in [0.717, 1.165) is 12.1 Å². The maximum atomic E-state index is 13.5. The molecule has 0 bridgehead atoms. The molecule has 0 aliphatic heterocycles. The first-order valence-corrected chi connectivity index (χ1v) is 5.54. The van der Waals surface area contributed by atoms with Gasteiger partial charge in [-0.3, -0.25) is 4.79 Å². The standard InChI is InChI=1S/C13H8F4N2O2/c14-7-3-5(1-2-9(7)18)19-13(21)6-4-8(15)11(17)12(20)10(6)16/h1-4,20H,18H2,(H,19,21). The Morgan fingerprint density at radius 3 is 2.33 bits per heavy atom. The number of nitrogen functional groups attached to an aromatic ring is 1. The average Bonchev–Trinajstić information content (AvgIpc) is 2.44. The largest absolute Gasteiger partial charge is 0.503 e. The number of halogens is 4. The molecule has 0 saturated carbocycles. The quantitative estimate of drug-likeness (QED) is 0.453. The van der Waals surface area contributed by atoms with Crippen LogP contribution in [0, 0.1) is 23.3 Å². The molecular formula is C13H8F4N2O2. The highest BCUT2D eigenvalue weighted by Crippen LogP contribution is 2.26. The van der Waals surface area contributed by atoms with Crippen molar-refractivity contribution in [3.05, 3.63) is 53.1 Å². The molecular weight excluding hydrogens is 292 g/mol. The molecule has 0 aliphatic carbocycles. The van der Waals surface area contributed by atoms with Crippen LogP contribution in [-0.4, -0.2) is 11.0 Å². The Balaban J connectivity index is 2.35. The number of hydrogen-bond donors (Lipinski definition) is 3. The highest BCUT2D eigenvalue weighted by atomic mass is 19.2. The van der Waals surface area contributed by atoms with Gasteiger partial charge in [-0.15, -0.1) is 0 Å². The molecule has 0 spiro atoms. The Kier molecular flexibility index (Phi) is 3.70. The summed E-state index contributed by atoms with van der Waals surface area (Å²) in [5.41, 5.74) is 4.08. The van der Waals surface area contributed by atoms with Gasteiger partial charge in [0.25, 0.3) is 5.91 Å². The monoisotopic (exact) mass is 300 g/mol. The third-order valence-electron chi connectivity index (χ3n) is 2.64. The molecule has 2 aromatic rings. The number of phenols is 1. The van der Waals surface area contributed by atoms with Gasteiger partial charge in [0.15, 0.2) is 17.4 Å². The highest BCUT2D eigenvalue weighted by Gasteiger charge is 2.22. The minimum absolute atomic E-state index is 0.0738. The Labute approximate surface area is 115 Å². The van der Waals surface area contributed by atoms with E-state index in [-0.39, 0.29) is 17.4 Å². The van der Waals surface area contributed by atoms with Crippen molar-refractivity contribution >= 4 is 17.3 Å². The van der Waals surface area contributed by atoms with Crippen LogP contribution >= 0.6 is 0 Å². The number of benzene rings is 2.